The minimum Gasteiger partial charge on any atom is -0.387 e. The van der Waals surface area contributed by atoms with Gasteiger partial charge in [-0.2, -0.15) is 0 Å². The van der Waals surface area contributed by atoms with Gasteiger partial charge in [-0.15, -0.1) is 0 Å². The van der Waals surface area contributed by atoms with Gasteiger partial charge in [0.25, 0.3) is 0 Å². The molecule has 0 aromatic heterocycles. The molecule has 0 bridgehead atoms. The Labute approximate surface area is 438 Å². The zero-order valence-electron chi connectivity index (χ0n) is 46.4. The Bertz CT molecular complexity index is 1520. The molecule has 0 saturated heterocycles. The van der Waals surface area contributed by atoms with Crippen LogP contribution in [0.25, 0.3) is 0 Å². The number of unbranched alkanes of at least 4 members (excludes halogenated alkanes) is 22. The fourth-order valence-electron chi connectivity index (χ4n) is 7.76. The fourth-order valence-corrected chi connectivity index (χ4v) is 8.50. The molecule has 0 aliphatic heterocycles. The van der Waals surface area contributed by atoms with Gasteiger partial charge in [0.2, 0.25) is 5.91 Å². The van der Waals surface area contributed by atoms with Crippen LogP contribution >= 0.6 is 7.82 Å². The van der Waals surface area contributed by atoms with Crippen LogP contribution in [-0.2, 0) is 18.4 Å². The Kier molecular flexibility index (Phi) is 50.0. The average Bonchev–Trinajstić information content (AvgIpc) is 3.33. The smallest absolute Gasteiger partial charge is 0.387 e. The Morgan fingerprint density at radius 1 is 0.493 bits per heavy atom. The van der Waals surface area contributed by atoms with Crippen molar-refractivity contribution in [3.63, 3.8) is 0 Å². The Morgan fingerprint density at radius 2 is 0.845 bits per heavy atom. The van der Waals surface area contributed by atoms with E-state index in [2.05, 4.69) is 116 Å². The first-order chi connectivity index (χ1) is 34.5. The predicted octanol–water partition coefficient (Wildman–Crippen LogP) is 17.6. The van der Waals surface area contributed by atoms with E-state index in [9.17, 15) is 19.4 Å². The number of rotatable bonds is 51. The highest BCUT2D eigenvalue weighted by Gasteiger charge is 2.27. The number of aliphatic hydroxyl groups is 1. The Balaban J connectivity index is 3.98. The van der Waals surface area contributed by atoms with E-state index in [4.69, 9.17) is 9.05 Å². The van der Waals surface area contributed by atoms with Crippen molar-refractivity contribution < 1.29 is 32.9 Å². The van der Waals surface area contributed by atoms with E-state index in [-0.39, 0.29) is 19.1 Å². The molecule has 3 unspecified atom stereocenters. The topological polar surface area (TPSA) is 105 Å². The van der Waals surface area contributed by atoms with Crippen LogP contribution in [0.15, 0.2) is 109 Å². The minimum atomic E-state index is -4.34. The molecule has 0 heterocycles. The number of amides is 1. The van der Waals surface area contributed by atoms with Crippen molar-refractivity contribution in [1.29, 1.82) is 0 Å². The van der Waals surface area contributed by atoms with Crippen molar-refractivity contribution in [1.82, 2.24) is 5.32 Å². The zero-order valence-corrected chi connectivity index (χ0v) is 47.3. The van der Waals surface area contributed by atoms with Crippen molar-refractivity contribution in [3.05, 3.63) is 109 Å². The lowest BCUT2D eigenvalue weighted by atomic mass is 10.0. The van der Waals surface area contributed by atoms with E-state index >= 15 is 0 Å². The molecule has 0 rings (SSSR count). The zero-order chi connectivity index (χ0) is 52.0. The van der Waals surface area contributed by atoms with Crippen LogP contribution in [0.3, 0.4) is 0 Å². The van der Waals surface area contributed by atoms with Gasteiger partial charge in [-0.1, -0.05) is 245 Å². The summed E-state index contributed by atoms with van der Waals surface area (Å²) in [5.41, 5.74) is 0. The summed E-state index contributed by atoms with van der Waals surface area (Å²) in [4.78, 5) is 23.2. The number of carbonyl (C=O) groups excluding carboxylic acids is 1. The summed E-state index contributed by atoms with van der Waals surface area (Å²) in [6.45, 7) is 4.67. The molecular formula is C62H110N2O6P+. The highest BCUT2D eigenvalue weighted by Crippen LogP contribution is 2.43. The number of carbonyl (C=O) groups is 1. The maximum absolute atomic E-state index is 12.9. The second-order valence-electron chi connectivity index (χ2n) is 20.3. The van der Waals surface area contributed by atoms with Crippen molar-refractivity contribution in [2.24, 2.45) is 0 Å². The standard InChI is InChI=1S/C62H109N2O6P/c1-6-8-10-12-14-16-18-19-20-21-22-23-24-25-26-27-28-29-30-31-32-33-34-35-36-37-38-39-40-41-42-43-44-45-46-48-50-52-54-56-62(66)63-60(59-70-71(67,68)69-58-57-64(3,4)5)61(65)55-53-51-49-47-17-15-13-11-9-7-2/h8,10,14,16,19-20,22-23,25-26,28-29,31-32,34-35,53,55,60-61,65H,6-7,9,11-13,15,17-18,21,24,27,30,33,36-52,54,56-59H2,1-5H3,(H-,63,66,67,68)/p+1/b10-8-,16-14-,20-19-,23-22-,26-25-,29-28-,32-31-,35-34-,55-53+. The molecule has 71 heavy (non-hydrogen) atoms. The van der Waals surface area contributed by atoms with Gasteiger partial charge in [0.1, 0.15) is 13.2 Å². The van der Waals surface area contributed by atoms with Gasteiger partial charge in [-0.3, -0.25) is 13.8 Å². The number of hydrogen-bond donors (Lipinski definition) is 3. The molecule has 408 valence electrons. The molecule has 0 saturated carbocycles. The molecule has 3 N–H and O–H groups in total. The Morgan fingerprint density at radius 3 is 1.24 bits per heavy atom. The number of phosphoric ester groups is 1. The van der Waals surface area contributed by atoms with Gasteiger partial charge in [0, 0.05) is 6.42 Å². The average molecular weight is 1010 g/mol. The van der Waals surface area contributed by atoms with Crippen LogP contribution in [0, 0.1) is 0 Å². The quantitative estimate of drug-likeness (QED) is 0.0243. The molecule has 9 heteroatoms. The van der Waals surface area contributed by atoms with E-state index in [1.54, 1.807) is 6.08 Å². The highest BCUT2D eigenvalue weighted by molar-refractivity contribution is 7.47. The second-order valence-corrected chi connectivity index (χ2v) is 21.7. The maximum Gasteiger partial charge on any atom is 0.472 e. The van der Waals surface area contributed by atoms with E-state index in [1.165, 1.54) is 116 Å². The second kappa shape index (κ2) is 52.0. The van der Waals surface area contributed by atoms with E-state index in [0.717, 1.165) is 89.9 Å². The highest BCUT2D eigenvalue weighted by atomic mass is 31.2. The lowest BCUT2D eigenvalue weighted by molar-refractivity contribution is -0.870. The third-order valence-electron chi connectivity index (χ3n) is 12.2. The summed E-state index contributed by atoms with van der Waals surface area (Å²) in [7, 11) is 1.56. The Hall–Kier alpha value is -2.84. The van der Waals surface area contributed by atoms with Crippen LogP contribution in [0.1, 0.15) is 226 Å². The first-order valence-corrected chi connectivity index (χ1v) is 30.3. The van der Waals surface area contributed by atoms with Crippen molar-refractivity contribution >= 4 is 13.7 Å². The molecule has 0 fully saturated rings. The molecular weight excluding hydrogens is 900 g/mol. The fraction of sp³-hybridized carbons (Fsp3) is 0.694. The van der Waals surface area contributed by atoms with Crippen molar-refractivity contribution in [2.45, 2.75) is 238 Å². The van der Waals surface area contributed by atoms with Gasteiger partial charge in [-0.25, -0.2) is 4.57 Å². The van der Waals surface area contributed by atoms with Gasteiger partial charge < -0.3 is 19.8 Å². The van der Waals surface area contributed by atoms with Crippen molar-refractivity contribution in [2.75, 3.05) is 40.9 Å². The third kappa shape index (κ3) is 54.8. The summed E-state index contributed by atoms with van der Waals surface area (Å²) < 4.78 is 23.6. The van der Waals surface area contributed by atoms with Crippen LogP contribution in [0.5, 0.6) is 0 Å². The number of phosphoric acid groups is 1. The number of nitrogens with zero attached hydrogens (tertiary/aromatic N) is 1. The summed E-state index contributed by atoms with van der Waals surface area (Å²) in [5.74, 6) is -0.183. The molecule has 0 aliphatic rings. The normalized spacial score (nSPS) is 14.7. The van der Waals surface area contributed by atoms with E-state index < -0.39 is 20.0 Å². The summed E-state index contributed by atoms with van der Waals surface area (Å²) in [6, 6.07) is -0.850. The molecule has 3 atom stereocenters. The van der Waals surface area contributed by atoms with Crippen LogP contribution in [0.2, 0.25) is 0 Å². The molecule has 0 radical (unpaired) electrons. The lowest BCUT2D eigenvalue weighted by Crippen LogP contribution is -2.45. The minimum absolute atomic E-state index is 0.0577. The summed E-state index contributed by atoms with van der Waals surface area (Å²) >= 11 is 0. The van der Waals surface area contributed by atoms with Crippen LogP contribution in [0.4, 0.5) is 0 Å². The molecule has 0 aromatic rings. The van der Waals surface area contributed by atoms with E-state index in [0.29, 0.717) is 17.4 Å². The number of allylic oxidation sites excluding steroid dienone is 17. The van der Waals surface area contributed by atoms with E-state index in [1.807, 2.05) is 27.2 Å². The molecule has 8 nitrogen and oxygen atoms in total. The SMILES string of the molecule is CC/C=C\C/C=C\C/C=C\C/C=C\C/C=C\C/C=C\C/C=C\C/C=C\CCCCCCCCCCCCCCCCC(=O)NC(COP(=O)(O)OCC[N+](C)(C)C)C(O)/C=C/CCCCCCCCCC. The molecule has 0 aliphatic carbocycles. The largest absolute Gasteiger partial charge is 0.472 e. The van der Waals surface area contributed by atoms with Crippen LogP contribution in [-0.4, -0.2) is 73.4 Å². The lowest BCUT2D eigenvalue weighted by Gasteiger charge is -2.25. The third-order valence-corrected chi connectivity index (χ3v) is 13.2. The van der Waals surface area contributed by atoms with Gasteiger partial charge in [0.05, 0.1) is 39.9 Å². The number of hydrogen-bond acceptors (Lipinski definition) is 5. The van der Waals surface area contributed by atoms with Gasteiger partial charge in [0.15, 0.2) is 0 Å². The predicted molar refractivity (Wildman–Crippen MR) is 309 cm³/mol. The molecule has 0 aromatic carbocycles. The number of aliphatic hydroxyl groups excluding tert-OH is 1. The van der Waals surface area contributed by atoms with Gasteiger partial charge >= 0.3 is 7.82 Å². The number of quaternary nitrogens is 1. The number of nitrogens with one attached hydrogen (secondary N) is 1. The molecule has 1 amide bonds. The first-order valence-electron chi connectivity index (χ1n) is 28.8. The first kappa shape index (κ1) is 68.2. The van der Waals surface area contributed by atoms with Gasteiger partial charge in [-0.05, 0) is 83.5 Å². The van der Waals surface area contributed by atoms with Crippen LogP contribution < -0.4 is 5.32 Å². The monoisotopic (exact) mass is 1010 g/mol. The summed E-state index contributed by atoms with van der Waals surface area (Å²) in [5, 5.41) is 13.8. The maximum atomic E-state index is 12.9. The molecule has 0 spiro atoms. The number of likely N-dealkylation sites (N-methyl/N-ethyl adjacent to an activating group) is 1. The van der Waals surface area contributed by atoms with Crippen molar-refractivity contribution in [3.8, 4) is 0 Å². The summed E-state index contributed by atoms with van der Waals surface area (Å²) in [6.07, 6.45) is 76.3.